The van der Waals surface area contributed by atoms with Crippen LogP contribution in [0.5, 0.6) is 0 Å². The van der Waals surface area contributed by atoms with E-state index in [1.807, 2.05) is 19.0 Å². The minimum absolute atomic E-state index is 0.337. The van der Waals surface area contributed by atoms with Crippen molar-refractivity contribution in [1.29, 1.82) is 0 Å². The summed E-state index contributed by atoms with van der Waals surface area (Å²) in [5.41, 5.74) is 3.58. The molecule has 0 spiro atoms. The molecule has 0 aliphatic heterocycles. The molecule has 0 heterocycles. The first kappa shape index (κ1) is 13.0. The Hall–Kier alpha value is -1.06. The number of aryl methyl sites for hydroxylation is 2. The second-order valence-electron chi connectivity index (χ2n) is 4.62. The van der Waals surface area contributed by atoms with Gasteiger partial charge in [-0.1, -0.05) is 17.7 Å². The summed E-state index contributed by atoms with van der Waals surface area (Å²) in [7, 11) is 3.92. The van der Waals surface area contributed by atoms with Crippen LogP contribution in [0.3, 0.4) is 0 Å². The van der Waals surface area contributed by atoms with E-state index in [-0.39, 0.29) is 6.10 Å². The van der Waals surface area contributed by atoms with Gasteiger partial charge in [0.15, 0.2) is 0 Å². The van der Waals surface area contributed by atoms with Crippen LogP contribution in [0.1, 0.15) is 11.1 Å². The largest absolute Gasteiger partial charge is 0.390 e. The number of likely N-dealkylation sites (N-methyl/N-ethyl adjacent to an activating group) is 1. The molecule has 1 aromatic carbocycles. The van der Waals surface area contributed by atoms with Gasteiger partial charge in [-0.3, -0.25) is 0 Å². The summed E-state index contributed by atoms with van der Waals surface area (Å²) >= 11 is 0. The predicted molar refractivity (Wildman–Crippen MR) is 69.0 cm³/mol. The SMILES string of the molecule is Cc1ccc(NCC(O)CN(C)C)c(C)c1. The fourth-order valence-corrected chi connectivity index (χ4v) is 1.73. The molecule has 0 radical (unpaired) electrons. The van der Waals surface area contributed by atoms with E-state index in [1.54, 1.807) is 0 Å². The van der Waals surface area contributed by atoms with Crippen molar-refractivity contribution in [1.82, 2.24) is 4.90 Å². The lowest BCUT2D eigenvalue weighted by Crippen LogP contribution is -2.31. The Balaban J connectivity index is 2.48. The van der Waals surface area contributed by atoms with Crippen LogP contribution in [0.2, 0.25) is 0 Å². The molecule has 1 atom stereocenters. The van der Waals surface area contributed by atoms with Crippen LogP contribution < -0.4 is 5.32 Å². The van der Waals surface area contributed by atoms with Crippen LogP contribution in [0.15, 0.2) is 18.2 Å². The molecule has 3 heteroatoms. The molecule has 0 saturated heterocycles. The number of aliphatic hydroxyl groups is 1. The monoisotopic (exact) mass is 222 g/mol. The number of hydrogen-bond donors (Lipinski definition) is 2. The number of nitrogens with zero attached hydrogens (tertiary/aromatic N) is 1. The number of nitrogens with one attached hydrogen (secondary N) is 1. The smallest absolute Gasteiger partial charge is 0.0838 e. The molecule has 0 aliphatic carbocycles. The van der Waals surface area contributed by atoms with E-state index >= 15 is 0 Å². The first-order chi connectivity index (χ1) is 7.49. The lowest BCUT2D eigenvalue weighted by molar-refractivity contribution is 0.148. The molecule has 1 unspecified atom stereocenters. The van der Waals surface area contributed by atoms with Crippen molar-refractivity contribution in [3.63, 3.8) is 0 Å². The third-order valence-electron chi connectivity index (χ3n) is 2.49. The summed E-state index contributed by atoms with van der Waals surface area (Å²) in [5.74, 6) is 0. The maximum absolute atomic E-state index is 9.72. The van der Waals surface area contributed by atoms with Gasteiger partial charge in [0.1, 0.15) is 0 Å². The Morgan fingerprint density at radius 3 is 2.56 bits per heavy atom. The maximum atomic E-state index is 9.72. The summed E-state index contributed by atoms with van der Waals surface area (Å²) in [6.07, 6.45) is -0.337. The molecular weight excluding hydrogens is 200 g/mol. The lowest BCUT2D eigenvalue weighted by atomic mass is 10.1. The zero-order chi connectivity index (χ0) is 12.1. The van der Waals surface area contributed by atoms with E-state index in [9.17, 15) is 5.11 Å². The van der Waals surface area contributed by atoms with Crippen molar-refractivity contribution in [3.05, 3.63) is 29.3 Å². The zero-order valence-corrected chi connectivity index (χ0v) is 10.6. The van der Waals surface area contributed by atoms with Gasteiger partial charge in [-0.25, -0.2) is 0 Å². The van der Waals surface area contributed by atoms with E-state index in [0.717, 1.165) is 5.69 Å². The summed E-state index contributed by atoms with van der Waals surface area (Å²) in [4.78, 5) is 1.98. The molecule has 0 aromatic heterocycles. The van der Waals surface area contributed by atoms with Gasteiger partial charge in [0.2, 0.25) is 0 Å². The van der Waals surface area contributed by atoms with Crippen LogP contribution in [-0.2, 0) is 0 Å². The van der Waals surface area contributed by atoms with Crippen LogP contribution in [0, 0.1) is 13.8 Å². The van der Waals surface area contributed by atoms with Crippen molar-refractivity contribution < 1.29 is 5.11 Å². The summed E-state index contributed by atoms with van der Waals surface area (Å²) < 4.78 is 0. The molecule has 3 nitrogen and oxygen atoms in total. The van der Waals surface area contributed by atoms with Crippen LogP contribution >= 0.6 is 0 Å². The van der Waals surface area contributed by atoms with Crippen LogP contribution in [0.25, 0.3) is 0 Å². The number of rotatable bonds is 5. The van der Waals surface area contributed by atoms with Gasteiger partial charge in [0.25, 0.3) is 0 Å². The molecular formula is C13H22N2O. The molecule has 16 heavy (non-hydrogen) atoms. The fraction of sp³-hybridized carbons (Fsp3) is 0.538. The Kier molecular flexibility index (Phi) is 4.77. The first-order valence-electron chi connectivity index (χ1n) is 5.63. The first-order valence-corrected chi connectivity index (χ1v) is 5.63. The minimum atomic E-state index is -0.337. The van der Waals surface area contributed by atoms with Crippen LogP contribution in [-0.4, -0.2) is 43.3 Å². The third-order valence-corrected chi connectivity index (χ3v) is 2.49. The molecule has 90 valence electrons. The molecule has 1 aromatic rings. The highest BCUT2D eigenvalue weighted by molar-refractivity contribution is 5.51. The normalized spacial score (nSPS) is 12.9. The van der Waals surface area contributed by atoms with Gasteiger partial charge in [-0.05, 0) is 39.6 Å². The molecule has 0 aliphatic rings. The molecule has 0 bridgehead atoms. The number of aliphatic hydroxyl groups excluding tert-OH is 1. The standard InChI is InChI=1S/C13H22N2O/c1-10-5-6-13(11(2)7-10)14-8-12(16)9-15(3)4/h5-7,12,14,16H,8-9H2,1-4H3. The van der Waals surface area contributed by atoms with Crippen molar-refractivity contribution >= 4 is 5.69 Å². The van der Waals surface area contributed by atoms with Gasteiger partial charge >= 0.3 is 0 Å². The van der Waals surface area contributed by atoms with Crippen molar-refractivity contribution in [2.24, 2.45) is 0 Å². The summed E-state index contributed by atoms with van der Waals surface area (Å²) in [6.45, 7) is 5.42. The Bertz CT molecular complexity index is 337. The topological polar surface area (TPSA) is 35.5 Å². The van der Waals surface area contributed by atoms with Gasteiger partial charge in [-0.2, -0.15) is 0 Å². The van der Waals surface area contributed by atoms with Gasteiger partial charge in [0.05, 0.1) is 6.10 Å². The molecule has 0 fully saturated rings. The lowest BCUT2D eigenvalue weighted by Gasteiger charge is -2.18. The molecule has 1 rings (SSSR count). The van der Waals surface area contributed by atoms with E-state index in [4.69, 9.17) is 0 Å². The van der Waals surface area contributed by atoms with E-state index < -0.39 is 0 Å². The van der Waals surface area contributed by atoms with Crippen molar-refractivity contribution in [2.75, 3.05) is 32.5 Å². The minimum Gasteiger partial charge on any atom is -0.390 e. The zero-order valence-electron chi connectivity index (χ0n) is 10.6. The van der Waals surface area contributed by atoms with E-state index in [2.05, 4.69) is 37.4 Å². The second kappa shape index (κ2) is 5.87. The molecule has 0 saturated carbocycles. The highest BCUT2D eigenvalue weighted by atomic mass is 16.3. The summed E-state index contributed by atoms with van der Waals surface area (Å²) in [5, 5.41) is 13.0. The average molecular weight is 222 g/mol. The second-order valence-corrected chi connectivity index (χ2v) is 4.62. The third kappa shape index (κ3) is 4.21. The van der Waals surface area contributed by atoms with Gasteiger partial charge < -0.3 is 15.3 Å². The Morgan fingerprint density at radius 2 is 2.00 bits per heavy atom. The number of anilines is 1. The average Bonchev–Trinajstić information content (AvgIpc) is 2.15. The quantitative estimate of drug-likeness (QED) is 0.795. The van der Waals surface area contributed by atoms with E-state index in [1.165, 1.54) is 11.1 Å². The number of hydrogen-bond acceptors (Lipinski definition) is 3. The van der Waals surface area contributed by atoms with Crippen molar-refractivity contribution in [3.8, 4) is 0 Å². The van der Waals surface area contributed by atoms with E-state index in [0.29, 0.717) is 13.1 Å². The Morgan fingerprint density at radius 1 is 1.31 bits per heavy atom. The Labute approximate surface area is 98.1 Å². The number of benzene rings is 1. The van der Waals surface area contributed by atoms with Crippen LogP contribution in [0.4, 0.5) is 5.69 Å². The fourth-order valence-electron chi connectivity index (χ4n) is 1.73. The molecule has 0 amide bonds. The molecule has 2 N–H and O–H groups in total. The predicted octanol–water partition coefficient (Wildman–Crippen LogP) is 1.64. The maximum Gasteiger partial charge on any atom is 0.0838 e. The van der Waals surface area contributed by atoms with Gasteiger partial charge in [0, 0.05) is 18.8 Å². The highest BCUT2D eigenvalue weighted by Crippen LogP contribution is 2.15. The van der Waals surface area contributed by atoms with Crippen molar-refractivity contribution in [2.45, 2.75) is 20.0 Å². The van der Waals surface area contributed by atoms with Gasteiger partial charge in [-0.15, -0.1) is 0 Å². The highest BCUT2D eigenvalue weighted by Gasteiger charge is 2.05. The summed E-state index contributed by atoms with van der Waals surface area (Å²) in [6, 6.07) is 6.28.